The van der Waals surface area contributed by atoms with Gasteiger partial charge in [0.15, 0.2) is 17.3 Å². The first kappa shape index (κ1) is 22.1. The molecule has 32 heavy (non-hydrogen) atoms. The van der Waals surface area contributed by atoms with Crippen molar-refractivity contribution in [1.29, 1.82) is 0 Å². The summed E-state index contributed by atoms with van der Waals surface area (Å²) in [5, 5.41) is 6.97. The quantitative estimate of drug-likeness (QED) is 0.463. The van der Waals surface area contributed by atoms with Crippen LogP contribution in [0, 0.1) is 5.92 Å². The number of benzene rings is 2. The van der Waals surface area contributed by atoms with Gasteiger partial charge in [0, 0.05) is 18.7 Å². The largest absolute Gasteiger partial charge is 0.493 e. The molecule has 4 rings (SSSR count). The summed E-state index contributed by atoms with van der Waals surface area (Å²) in [6, 6.07) is 14.0. The molecule has 0 radical (unpaired) electrons. The summed E-state index contributed by atoms with van der Waals surface area (Å²) < 4.78 is 10.9. The molecule has 1 aromatic heterocycles. The third-order valence-corrected chi connectivity index (χ3v) is 5.97. The predicted octanol–water partition coefficient (Wildman–Crippen LogP) is 5.01. The number of nitrogens with zero attached hydrogens (tertiary/aromatic N) is 2. The van der Waals surface area contributed by atoms with Crippen LogP contribution in [-0.4, -0.2) is 43.8 Å². The van der Waals surface area contributed by atoms with Crippen molar-refractivity contribution in [3.05, 3.63) is 53.7 Å². The summed E-state index contributed by atoms with van der Waals surface area (Å²) in [7, 11) is 3.26. The van der Waals surface area contributed by atoms with Gasteiger partial charge in [-0.3, -0.25) is 0 Å². The summed E-state index contributed by atoms with van der Waals surface area (Å²) >= 11 is 0. The lowest BCUT2D eigenvalue weighted by Gasteiger charge is -2.22. The molecule has 6 heteroatoms. The van der Waals surface area contributed by atoms with E-state index in [1.54, 1.807) is 14.2 Å². The molecule has 2 heterocycles. The van der Waals surface area contributed by atoms with Crippen LogP contribution < -0.4 is 20.1 Å². The third-order valence-electron chi connectivity index (χ3n) is 5.97. The fourth-order valence-corrected chi connectivity index (χ4v) is 4.15. The molecule has 0 unspecified atom stereocenters. The standard InChI is InChI=1S/C26H32N4O2/c1-31-24-17-22-23(18-25(24)32-2)30-26(28-14-6-9-20-12-15-27-16-13-20)21(29-22)11-10-19-7-4-3-5-8-19/h3-5,7-8,10-11,17-18,20,27H,6,9,12-16H2,1-2H3,(H,28,30)/b11-10+. The average molecular weight is 433 g/mol. The number of nitrogens with one attached hydrogen (secondary N) is 2. The van der Waals surface area contributed by atoms with Crippen LogP contribution in [0.15, 0.2) is 42.5 Å². The lowest BCUT2D eigenvalue weighted by molar-refractivity contribution is 0.350. The molecule has 0 saturated carbocycles. The summed E-state index contributed by atoms with van der Waals surface area (Å²) in [4.78, 5) is 9.77. The summed E-state index contributed by atoms with van der Waals surface area (Å²) in [6.07, 6.45) is 9.02. The van der Waals surface area contributed by atoms with E-state index in [-0.39, 0.29) is 0 Å². The van der Waals surface area contributed by atoms with Crippen LogP contribution in [0.2, 0.25) is 0 Å². The van der Waals surface area contributed by atoms with Gasteiger partial charge >= 0.3 is 0 Å². The monoisotopic (exact) mass is 432 g/mol. The zero-order valence-electron chi connectivity index (χ0n) is 18.9. The van der Waals surface area contributed by atoms with E-state index in [0.29, 0.717) is 11.5 Å². The fourth-order valence-electron chi connectivity index (χ4n) is 4.15. The molecule has 0 atom stereocenters. The molecule has 168 valence electrons. The Hall–Kier alpha value is -3.12. The first-order chi connectivity index (χ1) is 15.8. The van der Waals surface area contributed by atoms with Crippen LogP contribution >= 0.6 is 0 Å². The normalized spacial score (nSPS) is 14.7. The maximum atomic E-state index is 5.45. The highest BCUT2D eigenvalue weighted by Crippen LogP contribution is 2.32. The molecule has 1 fully saturated rings. The Morgan fingerprint density at radius 3 is 2.34 bits per heavy atom. The van der Waals surface area contributed by atoms with Crippen molar-refractivity contribution in [1.82, 2.24) is 15.3 Å². The first-order valence-electron chi connectivity index (χ1n) is 11.4. The molecular formula is C26H32N4O2. The molecule has 1 aliphatic heterocycles. The van der Waals surface area contributed by atoms with Crippen molar-refractivity contribution in [2.75, 3.05) is 39.2 Å². The van der Waals surface area contributed by atoms with Gasteiger partial charge in [0.2, 0.25) is 0 Å². The van der Waals surface area contributed by atoms with Gasteiger partial charge in [0.1, 0.15) is 5.69 Å². The Kier molecular flexibility index (Phi) is 7.56. The Labute approximate surface area is 190 Å². The Morgan fingerprint density at radius 2 is 1.66 bits per heavy atom. The summed E-state index contributed by atoms with van der Waals surface area (Å²) in [5.41, 5.74) is 3.49. The molecule has 0 amide bonds. The predicted molar refractivity (Wildman–Crippen MR) is 131 cm³/mol. The summed E-state index contributed by atoms with van der Waals surface area (Å²) in [5.74, 6) is 2.92. The smallest absolute Gasteiger partial charge is 0.163 e. The van der Waals surface area contributed by atoms with E-state index < -0.39 is 0 Å². The van der Waals surface area contributed by atoms with E-state index in [1.807, 2.05) is 36.4 Å². The van der Waals surface area contributed by atoms with Crippen molar-refractivity contribution >= 4 is 29.0 Å². The van der Waals surface area contributed by atoms with Crippen molar-refractivity contribution in [2.45, 2.75) is 25.7 Å². The lowest BCUT2D eigenvalue weighted by Crippen LogP contribution is -2.27. The van der Waals surface area contributed by atoms with E-state index >= 15 is 0 Å². The molecule has 1 aliphatic rings. The first-order valence-corrected chi connectivity index (χ1v) is 11.4. The second-order valence-corrected chi connectivity index (χ2v) is 8.16. The molecule has 0 spiro atoms. The Bertz CT molecular complexity index is 1050. The number of hydrogen-bond acceptors (Lipinski definition) is 6. The van der Waals surface area contributed by atoms with Gasteiger partial charge in [-0.05, 0) is 56.3 Å². The summed E-state index contributed by atoms with van der Waals surface area (Å²) in [6.45, 7) is 3.17. The number of piperidine rings is 1. The van der Waals surface area contributed by atoms with Crippen molar-refractivity contribution in [2.24, 2.45) is 5.92 Å². The number of methoxy groups -OCH3 is 2. The van der Waals surface area contributed by atoms with E-state index in [1.165, 1.54) is 19.3 Å². The molecule has 3 aromatic rings. The van der Waals surface area contributed by atoms with Crippen molar-refractivity contribution in [3.63, 3.8) is 0 Å². The topological polar surface area (TPSA) is 68.3 Å². The van der Waals surface area contributed by atoms with Gasteiger partial charge in [-0.15, -0.1) is 0 Å². The van der Waals surface area contributed by atoms with Gasteiger partial charge in [-0.1, -0.05) is 36.4 Å². The van der Waals surface area contributed by atoms with E-state index in [0.717, 1.165) is 60.1 Å². The minimum Gasteiger partial charge on any atom is -0.493 e. The number of rotatable bonds is 9. The van der Waals surface area contributed by atoms with Crippen LogP contribution in [0.25, 0.3) is 23.2 Å². The second kappa shape index (κ2) is 11.0. The van der Waals surface area contributed by atoms with Crippen LogP contribution in [0.4, 0.5) is 5.82 Å². The number of aromatic nitrogens is 2. The minimum absolute atomic E-state index is 0.648. The van der Waals surface area contributed by atoms with Gasteiger partial charge in [-0.2, -0.15) is 0 Å². The highest BCUT2D eigenvalue weighted by molar-refractivity contribution is 5.84. The van der Waals surface area contributed by atoms with E-state index in [4.69, 9.17) is 19.4 Å². The van der Waals surface area contributed by atoms with E-state index in [2.05, 4.69) is 28.8 Å². The van der Waals surface area contributed by atoms with Crippen LogP contribution in [0.3, 0.4) is 0 Å². The van der Waals surface area contributed by atoms with Gasteiger partial charge in [-0.25, -0.2) is 9.97 Å². The molecule has 2 N–H and O–H groups in total. The van der Waals surface area contributed by atoms with Crippen LogP contribution in [-0.2, 0) is 0 Å². The number of fused-ring (bicyclic) bond motifs is 1. The minimum atomic E-state index is 0.648. The van der Waals surface area contributed by atoms with Crippen molar-refractivity contribution < 1.29 is 9.47 Å². The van der Waals surface area contributed by atoms with Crippen molar-refractivity contribution in [3.8, 4) is 11.5 Å². The molecule has 1 saturated heterocycles. The highest BCUT2D eigenvalue weighted by atomic mass is 16.5. The molecule has 0 aliphatic carbocycles. The number of hydrogen-bond donors (Lipinski definition) is 2. The fraction of sp³-hybridized carbons (Fsp3) is 0.385. The lowest BCUT2D eigenvalue weighted by atomic mass is 9.93. The second-order valence-electron chi connectivity index (χ2n) is 8.16. The van der Waals surface area contributed by atoms with Gasteiger partial charge in [0.25, 0.3) is 0 Å². The Morgan fingerprint density at radius 1 is 0.969 bits per heavy atom. The molecule has 2 aromatic carbocycles. The van der Waals surface area contributed by atoms with Crippen LogP contribution in [0.5, 0.6) is 11.5 Å². The molecule has 6 nitrogen and oxygen atoms in total. The maximum absolute atomic E-state index is 5.45. The third kappa shape index (κ3) is 5.56. The maximum Gasteiger partial charge on any atom is 0.163 e. The molecular weight excluding hydrogens is 400 g/mol. The number of ether oxygens (including phenoxy) is 2. The highest BCUT2D eigenvalue weighted by Gasteiger charge is 2.14. The van der Waals surface area contributed by atoms with Gasteiger partial charge < -0.3 is 20.1 Å². The average Bonchev–Trinajstić information content (AvgIpc) is 2.85. The Balaban J connectivity index is 1.57. The van der Waals surface area contributed by atoms with Crippen LogP contribution in [0.1, 0.15) is 36.9 Å². The molecule has 0 bridgehead atoms. The van der Waals surface area contributed by atoms with Gasteiger partial charge in [0.05, 0.1) is 25.3 Å². The zero-order valence-corrected chi connectivity index (χ0v) is 18.9. The van der Waals surface area contributed by atoms with E-state index in [9.17, 15) is 0 Å². The zero-order chi connectivity index (χ0) is 22.2. The SMILES string of the molecule is COc1cc2nc(/C=C/c3ccccc3)c(NCCCC3CCNCC3)nc2cc1OC. The number of anilines is 1.